The number of guanidine groups is 2. The van der Waals surface area contributed by atoms with Gasteiger partial charge in [0.15, 0.2) is 11.9 Å². The van der Waals surface area contributed by atoms with Crippen LogP contribution in [0.4, 0.5) is 0 Å². The minimum Gasteiger partial charge on any atom is -0.480 e. The third kappa shape index (κ3) is 41.0. The van der Waals surface area contributed by atoms with E-state index in [9.17, 15) is 102 Å². The van der Waals surface area contributed by atoms with Gasteiger partial charge in [0.2, 0.25) is 94.5 Å². The second-order valence-corrected chi connectivity index (χ2v) is 31.3. The Hall–Kier alpha value is -11.6. The molecule has 1 saturated heterocycles. The predicted octanol–water partition coefficient (Wildman–Crippen LogP) is -10.2. The number of aliphatic carboxylic acids is 1. The number of hydrogen-bond acceptors (Lipinski definition) is 28. The zero-order chi connectivity index (χ0) is 95.5. The fraction of sp³-hybridized carbons (Fsp3) is 0.608. The van der Waals surface area contributed by atoms with Gasteiger partial charge in [0, 0.05) is 56.8 Å². The van der Waals surface area contributed by atoms with Crippen molar-refractivity contribution in [1.82, 2.24) is 84.7 Å². The number of nitrogens with one attached hydrogen (secondary N) is 17. The number of carboxylic acids is 1. The normalized spacial score (nSPS) is 15.8. The average Bonchev–Trinajstić information content (AvgIpc) is 1.70. The van der Waals surface area contributed by atoms with Gasteiger partial charge in [0.05, 0.1) is 25.4 Å². The van der Waals surface area contributed by atoms with Crippen molar-refractivity contribution < 1.29 is 102 Å². The molecule has 0 aliphatic carbocycles. The van der Waals surface area contributed by atoms with Gasteiger partial charge in [-0.1, -0.05) is 67.1 Å². The molecule has 16 atom stereocenters. The lowest BCUT2D eigenvalue weighted by Gasteiger charge is -2.29. The van der Waals surface area contributed by atoms with Crippen molar-refractivity contribution in [2.24, 2.45) is 45.9 Å². The number of thiol groups is 2. The van der Waals surface area contributed by atoms with Crippen molar-refractivity contribution in [2.75, 3.05) is 64.0 Å². The van der Waals surface area contributed by atoms with Gasteiger partial charge in [0.1, 0.15) is 84.6 Å². The minimum atomic E-state index is -1.94. The highest BCUT2D eigenvalue weighted by Crippen LogP contribution is 2.21. The van der Waals surface area contributed by atoms with Crippen molar-refractivity contribution in [3.8, 4) is 0 Å². The van der Waals surface area contributed by atoms with Gasteiger partial charge in [-0.2, -0.15) is 25.3 Å². The highest BCUT2D eigenvalue weighted by Gasteiger charge is 2.41. The molecule has 128 heavy (non-hydrogen) atoms. The largest absolute Gasteiger partial charge is 0.480 e. The minimum absolute atomic E-state index is 0.000984. The second-order valence-electron chi connectivity index (χ2n) is 30.5. The third-order valence-corrected chi connectivity index (χ3v) is 21.0. The van der Waals surface area contributed by atoms with Crippen LogP contribution in [0.5, 0.6) is 0 Å². The van der Waals surface area contributed by atoms with E-state index in [0.29, 0.717) is 43.4 Å². The van der Waals surface area contributed by atoms with E-state index in [1.54, 1.807) is 60.7 Å². The van der Waals surface area contributed by atoms with Crippen molar-refractivity contribution in [1.29, 1.82) is 10.8 Å². The van der Waals surface area contributed by atoms with Gasteiger partial charge in [-0.3, -0.25) is 87.5 Å². The molecule has 0 aromatic heterocycles. The summed E-state index contributed by atoms with van der Waals surface area (Å²) in [4.78, 5) is 237. The lowest BCUT2D eigenvalue weighted by molar-refractivity contribution is -0.143. The summed E-state index contributed by atoms with van der Waals surface area (Å²) in [6.45, 7) is -0.300. The van der Waals surface area contributed by atoms with Crippen molar-refractivity contribution in [3.63, 3.8) is 0 Å². The Kier molecular flexibility index (Phi) is 52.0. The van der Waals surface area contributed by atoms with Crippen LogP contribution < -0.4 is 126 Å². The number of aliphatic hydroxyl groups excluding tert-OH is 3. The maximum atomic E-state index is 14.7. The first-order valence-electron chi connectivity index (χ1n) is 42.1. The molecule has 1 fully saturated rings. The maximum absolute atomic E-state index is 14.7. The fourth-order valence-electron chi connectivity index (χ4n) is 13.2. The Labute approximate surface area is 751 Å². The van der Waals surface area contributed by atoms with Gasteiger partial charge >= 0.3 is 5.97 Å². The summed E-state index contributed by atoms with van der Waals surface area (Å²) >= 11 is 8.54. The zero-order valence-electron chi connectivity index (χ0n) is 71.6. The standard InChI is InChI=1S/C79H130N26O21S2/c1-43(108)62(104-68(116)48(23-10-13-33-82)95-72(120)57(41-127)102-67(115)52(28-30-61(85)110)96-69(117)54(38-45-19-6-3-7-20-45)99-74(122)59-26-16-36-105(59)76(124)46(83)21-8-11-31-80)75(123)103-58(42-128)73(121)97-51(27-29-60(84)109)66(114)93-49(24-14-34-90-78(86)87)63(111)92-47(22-9-12-32-81)64(112)98-53(37-44-17-4-2-5-18-44)70(118)100-55(39-106)71(119)94-50(25-15-35-91-79(88)89)65(113)101-56(40-107)77(125)126/h2-7,17-20,43,46-59,62,106-108,127-128H,8-16,21-42,80-83H2,1H3,(H2,84,109)(H2,85,110)(H,92,111)(H,93,114)(H,94,119)(H,95,120)(H,96,117)(H,97,121)(H,98,112)(H,99,122)(H,100,118)(H,101,113)(H,102,115)(H,103,123)(H,104,116)(H,125,126)(H4,86,87,90)(H4,88,89,91)/t43-,46+,47+,48+,49+,50+,51+,52+,53+,54+,55+,56+,57+,58+,59+,62+/m1/s1. The molecule has 3 rings (SSSR count). The molecule has 49 heteroatoms. The lowest BCUT2D eigenvalue weighted by atomic mass is 10.0. The quantitative estimate of drug-likeness (QED) is 0.0127. The summed E-state index contributed by atoms with van der Waals surface area (Å²) < 4.78 is 0. The Morgan fingerprint density at radius 1 is 0.414 bits per heavy atom. The highest BCUT2D eigenvalue weighted by molar-refractivity contribution is 7.80. The number of hydrogen-bond donors (Lipinski definition) is 31. The molecule has 0 radical (unpaired) electrons. The van der Waals surface area contributed by atoms with E-state index in [4.69, 9.17) is 56.7 Å². The molecule has 2 aromatic carbocycles. The van der Waals surface area contributed by atoms with E-state index in [1.165, 1.54) is 4.90 Å². The van der Waals surface area contributed by atoms with E-state index >= 15 is 0 Å². The number of rotatable bonds is 63. The van der Waals surface area contributed by atoms with E-state index < -0.39 is 260 Å². The Morgan fingerprint density at radius 2 is 0.727 bits per heavy atom. The van der Waals surface area contributed by atoms with Crippen LogP contribution >= 0.6 is 25.3 Å². The molecule has 0 unspecified atom stereocenters. The van der Waals surface area contributed by atoms with E-state index in [1.807, 2.05) is 0 Å². The lowest BCUT2D eigenvalue weighted by Crippen LogP contribution is -2.62. The van der Waals surface area contributed by atoms with Crippen molar-refractivity contribution in [2.45, 2.75) is 238 Å². The van der Waals surface area contributed by atoms with Gasteiger partial charge in [-0.25, -0.2) is 4.79 Å². The Balaban J connectivity index is 1.94. The summed E-state index contributed by atoms with van der Waals surface area (Å²) in [5.41, 5.74) is 46.4. The third-order valence-electron chi connectivity index (χ3n) is 20.3. The number of carbonyl (C=O) groups is 17. The van der Waals surface area contributed by atoms with Gasteiger partial charge in [0.25, 0.3) is 0 Å². The highest BCUT2D eigenvalue weighted by atomic mass is 32.1. The molecular weight excluding hydrogens is 1710 g/mol. The predicted molar refractivity (Wildman–Crippen MR) is 473 cm³/mol. The summed E-state index contributed by atoms with van der Waals surface area (Å²) in [5.74, 6) is -19.6. The van der Waals surface area contributed by atoms with Crippen molar-refractivity contribution >= 4 is 138 Å². The van der Waals surface area contributed by atoms with Crippen LogP contribution in [-0.2, 0) is 94.3 Å². The molecule has 0 saturated carbocycles. The summed E-state index contributed by atoms with van der Waals surface area (Å²) in [5, 5.41) is 92.7. The van der Waals surface area contributed by atoms with Gasteiger partial charge in [-0.15, -0.1) is 0 Å². The van der Waals surface area contributed by atoms with Crippen LogP contribution in [-0.4, -0.2) is 298 Å². The van der Waals surface area contributed by atoms with E-state index in [-0.39, 0.29) is 116 Å². The number of nitrogens with zero attached hydrogens (tertiary/aromatic N) is 1. The van der Waals surface area contributed by atoms with Gasteiger partial charge < -0.3 is 151 Å². The first-order chi connectivity index (χ1) is 60.9. The number of amides is 16. The number of primary amides is 2. The SMILES string of the molecule is C[C@@H](O)[C@H](NC(=O)[C@H](CCCCN)NC(=O)[C@H](CS)NC(=O)[C@H](CCC(N)=O)NC(=O)[C@H](Cc1ccccc1)NC(=O)[C@@H]1CCCN1C(=O)[C@@H](N)CCCCN)C(=O)N[C@@H](CS)C(=O)N[C@@H](CCC(N)=O)C(=O)N[C@@H](CCCNC(=N)N)C(=O)N[C@@H](CCCCN)C(=O)N[C@@H](Cc1ccccc1)C(=O)N[C@@H](CO)C(=O)N[C@@H](CCCNC(=N)N)C(=O)N[C@@H](CO)C(=O)O. The van der Waals surface area contributed by atoms with Crippen molar-refractivity contribution in [3.05, 3.63) is 71.8 Å². The summed E-state index contributed by atoms with van der Waals surface area (Å²) in [6, 6.07) is -7.13. The van der Waals surface area contributed by atoms with Crippen LogP contribution in [0.25, 0.3) is 0 Å². The number of carbonyl (C=O) groups excluding carboxylic acids is 16. The first kappa shape index (κ1) is 111. The van der Waals surface area contributed by atoms with Crippen LogP contribution in [0.3, 0.4) is 0 Å². The number of benzene rings is 2. The summed E-state index contributed by atoms with van der Waals surface area (Å²) in [6.07, 6.45) is -2.02. The molecule has 0 bridgehead atoms. The number of carboxylic acid groups (broad SMARTS) is 1. The smallest absolute Gasteiger partial charge is 0.328 e. The number of nitrogens with two attached hydrogens (primary N) is 8. The average molecular weight is 1840 g/mol. The van der Waals surface area contributed by atoms with Gasteiger partial charge in [-0.05, 0) is 140 Å². The van der Waals surface area contributed by atoms with Crippen LogP contribution in [0.15, 0.2) is 60.7 Å². The maximum Gasteiger partial charge on any atom is 0.328 e. The number of unbranched alkanes of at least 4 members (excludes halogenated alkanes) is 3. The number of likely N-dealkylation sites (tertiary alicyclic amines) is 1. The Bertz CT molecular complexity index is 4000. The molecule has 2 aromatic rings. The summed E-state index contributed by atoms with van der Waals surface area (Å²) in [7, 11) is 0. The molecule has 1 aliphatic rings. The molecule has 0 spiro atoms. The van der Waals surface area contributed by atoms with E-state index in [2.05, 4.69) is 105 Å². The molecule has 1 aliphatic heterocycles. The molecular formula is C79H130N26O21S2. The zero-order valence-corrected chi connectivity index (χ0v) is 73.4. The molecule has 16 amide bonds. The number of aliphatic hydroxyl groups is 3. The molecule has 1 heterocycles. The van der Waals surface area contributed by atoms with Crippen LogP contribution in [0.2, 0.25) is 0 Å². The first-order valence-corrected chi connectivity index (χ1v) is 43.4. The van der Waals surface area contributed by atoms with Crippen LogP contribution in [0.1, 0.15) is 140 Å². The monoisotopic (exact) mass is 1840 g/mol. The molecule has 47 nitrogen and oxygen atoms in total. The molecule has 37 N–H and O–H groups in total. The van der Waals surface area contributed by atoms with Crippen LogP contribution in [0, 0.1) is 10.8 Å². The molecule has 714 valence electrons. The Morgan fingerprint density at radius 3 is 1.09 bits per heavy atom. The van der Waals surface area contributed by atoms with E-state index in [0.717, 1.165) is 6.92 Å². The topological polar surface area (TPSA) is 811 Å². The fourth-order valence-corrected chi connectivity index (χ4v) is 13.7. The second kappa shape index (κ2) is 60.2.